The predicted molar refractivity (Wildman–Crippen MR) is 93.8 cm³/mol. The zero-order valence-electron chi connectivity index (χ0n) is 16.5. The zero-order valence-corrected chi connectivity index (χ0v) is 16.5. The summed E-state index contributed by atoms with van der Waals surface area (Å²) in [5, 5.41) is 69.6. The van der Waals surface area contributed by atoms with Gasteiger partial charge in [-0.1, -0.05) is 0 Å². The van der Waals surface area contributed by atoms with Crippen molar-refractivity contribution in [2.45, 2.75) is 46.8 Å². The van der Waals surface area contributed by atoms with E-state index in [1.165, 1.54) is 0 Å². The van der Waals surface area contributed by atoms with Crippen molar-refractivity contribution in [3.8, 4) is 0 Å². The van der Waals surface area contributed by atoms with Gasteiger partial charge in [-0.05, 0) is 0 Å². The number of rotatable bonds is 3. The second kappa shape index (κ2) is 27.4. The van der Waals surface area contributed by atoms with Gasteiger partial charge in [0.05, 0.1) is 0 Å². The normalized spacial score (nSPS) is 9.43. The molecule has 0 aromatic rings. The van der Waals surface area contributed by atoms with Gasteiger partial charge in [-0.3, -0.25) is 24.0 Å². The Morgan fingerprint density at radius 2 is 0.467 bits per heavy atom. The van der Waals surface area contributed by atoms with E-state index < -0.39 is 54.0 Å². The third-order valence-electron chi connectivity index (χ3n) is 0.805. The lowest BCUT2D eigenvalue weighted by Crippen LogP contribution is -2.39. The molecule has 0 fully saturated rings. The largest absolute Gasteiger partial charge is 0.481 e. The van der Waals surface area contributed by atoms with E-state index in [1.54, 1.807) is 0 Å². The highest BCUT2D eigenvalue weighted by atomic mass is 16.4. The van der Waals surface area contributed by atoms with Crippen LogP contribution in [0.1, 0.15) is 34.6 Å². The Balaban J connectivity index is -0.0000000616. The zero-order chi connectivity index (χ0) is 26.2. The minimum Gasteiger partial charge on any atom is -0.481 e. The van der Waals surface area contributed by atoms with Gasteiger partial charge in [0.1, 0.15) is 0 Å². The van der Waals surface area contributed by atoms with E-state index in [1.807, 2.05) is 0 Å². The first-order valence-corrected chi connectivity index (χ1v) is 6.92. The van der Waals surface area contributed by atoms with Crippen molar-refractivity contribution in [3.05, 3.63) is 0 Å². The first-order chi connectivity index (χ1) is 13.1. The van der Waals surface area contributed by atoms with E-state index in [-0.39, 0.29) is 0 Å². The van der Waals surface area contributed by atoms with Gasteiger partial charge in [0, 0.05) is 34.6 Å². The van der Waals surface area contributed by atoms with Crippen molar-refractivity contribution >= 4 is 41.8 Å². The standard InChI is InChI=1S/C4H6O6.5C2H4O2/c5-1(3(7)8)2(6)4(9)10;5*1-2(3)4/h1-2,5-6H,(H,7,8)(H,9,10);5*1H3,(H,3,4). The molecule has 0 amide bonds. The van der Waals surface area contributed by atoms with Crippen LogP contribution < -0.4 is 0 Å². The molecule has 0 bridgehead atoms. The topological polar surface area (TPSA) is 302 Å². The maximum atomic E-state index is 9.77. The summed E-state index contributed by atoms with van der Waals surface area (Å²) in [5.74, 6) is -7.70. The molecular weight excluding hydrogens is 424 g/mol. The fourth-order valence-corrected chi connectivity index (χ4v) is 0.270. The van der Waals surface area contributed by atoms with Crippen molar-refractivity contribution in [1.82, 2.24) is 0 Å². The van der Waals surface area contributed by atoms with E-state index >= 15 is 0 Å². The summed E-state index contributed by atoms with van der Waals surface area (Å²) >= 11 is 0. The molecule has 0 spiro atoms. The van der Waals surface area contributed by atoms with Crippen LogP contribution in [0.3, 0.4) is 0 Å². The first-order valence-electron chi connectivity index (χ1n) is 6.92. The minimum absolute atomic E-state index is 0.833. The maximum absolute atomic E-state index is 9.77. The molecule has 16 nitrogen and oxygen atoms in total. The number of aliphatic hydroxyl groups excluding tert-OH is 2. The Labute approximate surface area is 169 Å². The molecule has 0 aliphatic rings. The average molecular weight is 450 g/mol. The average Bonchev–Trinajstić information content (AvgIpc) is 2.42. The van der Waals surface area contributed by atoms with Crippen molar-refractivity contribution < 1.29 is 79.5 Å². The molecule has 0 heterocycles. The van der Waals surface area contributed by atoms with Crippen LogP contribution in [0.5, 0.6) is 0 Å². The monoisotopic (exact) mass is 450 g/mol. The number of carboxylic acid groups (broad SMARTS) is 7. The minimum atomic E-state index is -2.27. The summed E-state index contributed by atoms with van der Waals surface area (Å²) in [6.07, 6.45) is -4.53. The van der Waals surface area contributed by atoms with Crippen LogP contribution in [0.4, 0.5) is 0 Å². The Morgan fingerprint density at radius 3 is 0.500 bits per heavy atom. The second-order valence-electron chi connectivity index (χ2n) is 4.16. The van der Waals surface area contributed by atoms with Crippen molar-refractivity contribution in [2.24, 2.45) is 0 Å². The molecule has 0 radical (unpaired) electrons. The van der Waals surface area contributed by atoms with Gasteiger partial charge in [0.15, 0.2) is 12.2 Å². The molecule has 0 aromatic carbocycles. The van der Waals surface area contributed by atoms with E-state index in [2.05, 4.69) is 0 Å². The number of aliphatic carboxylic acids is 7. The molecule has 0 saturated carbocycles. The van der Waals surface area contributed by atoms with E-state index in [0.717, 1.165) is 34.6 Å². The molecule has 16 heteroatoms. The quantitative estimate of drug-likeness (QED) is 0.232. The van der Waals surface area contributed by atoms with E-state index in [4.69, 9.17) is 69.9 Å². The summed E-state index contributed by atoms with van der Waals surface area (Å²) in [6, 6.07) is 0. The Morgan fingerprint density at radius 1 is 0.400 bits per heavy atom. The lowest BCUT2D eigenvalue weighted by molar-refractivity contribution is -0.165. The van der Waals surface area contributed by atoms with Gasteiger partial charge in [0.25, 0.3) is 29.8 Å². The van der Waals surface area contributed by atoms with Crippen LogP contribution in [0.2, 0.25) is 0 Å². The Hall–Kier alpha value is -3.79. The molecule has 0 saturated heterocycles. The predicted octanol–water partition coefficient (Wildman–Crippen LogP) is -1.67. The summed E-state index contributed by atoms with van der Waals surface area (Å²) < 4.78 is 0. The number of hydrogen-bond donors (Lipinski definition) is 9. The van der Waals surface area contributed by atoms with Crippen LogP contribution >= 0.6 is 0 Å². The maximum Gasteiger partial charge on any atom is 0.335 e. The molecule has 9 N–H and O–H groups in total. The number of aliphatic hydroxyl groups is 2. The van der Waals surface area contributed by atoms with Crippen LogP contribution in [0, 0.1) is 0 Å². The lowest BCUT2D eigenvalue weighted by Gasteiger charge is -2.07. The number of carbonyl (C=O) groups is 7. The Kier molecular flexibility index (Phi) is 37.3. The molecule has 0 aromatic heterocycles. The highest BCUT2D eigenvalue weighted by molar-refractivity contribution is 5.83. The van der Waals surface area contributed by atoms with Gasteiger partial charge in [0.2, 0.25) is 0 Å². The molecule has 178 valence electrons. The van der Waals surface area contributed by atoms with Crippen molar-refractivity contribution in [2.75, 3.05) is 0 Å². The van der Waals surface area contributed by atoms with Gasteiger partial charge in [-0.2, -0.15) is 0 Å². The third kappa shape index (κ3) is 193. The summed E-state index contributed by atoms with van der Waals surface area (Å²) in [4.78, 5) is 64.5. The second-order valence-corrected chi connectivity index (χ2v) is 4.16. The van der Waals surface area contributed by atoms with Crippen LogP contribution in [0.25, 0.3) is 0 Å². The van der Waals surface area contributed by atoms with Gasteiger partial charge in [-0.15, -0.1) is 0 Å². The van der Waals surface area contributed by atoms with Crippen LogP contribution in [-0.2, 0) is 33.6 Å². The highest BCUT2D eigenvalue weighted by Gasteiger charge is 2.29. The fraction of sp³-hybridized carbons (Fsp3) is 0.500. The molecule has 2 atom stereocenters. The first kappa shape index (κ1) is 40.8. The number of hydrogen-bond acceptors (Lipinski definition) is 9. The summed E-state index contributed by atoms with van der Waals surface area (Å²) in [5.41, 5.74) is 0. The lowest BCUT2D eigenvalue weighted by atomic mass is 10.2. The molecule has 0 aliphatic heterocycles. The summed E-state index contributed by atoms with van der Waals surface area (Å²) in [6.45, 7) is 5.42. The van der Waals surface area contributed by atoms with Crippen LogP contribution in [-0.4, -0.2) is 100.0 Å². The van der Waals surface area contributed by atoms with Gasteiger partial charge < -0.3 is 46.0 Å². The molecule has 2 unspecified atom stereocenters. The van der Waals surface area contributed by atoms with Crippen molar-refractivity contribution in [3.63, 3.8) is 0 Å². The SMILES string of the molecule is CC(=O)O.CC(=O)O.CC(=O)O.CC(=O)O.CC(=O)O.O=C(O)C(O)C(O)C(=O)O. The molecular formula is C14H26O16. The Bertz CT molecular complexity index is 430. The van der Waals surface area contributed by atoms with Gasteiger partial charge in [-0.25, -0.2) is 9.59 Å². The molecule has 0 rings (SSSR count). The van der Waals surface area contributed by atoms with Gasteiger partial charge >= 0.3 is 11.9 Å². The van der Waals surface area contributed by atoms with E-state index in [0.29, 0.717) is 0 Å². The summed E-state index contributed by atoms with van der Waals surface area (Å²) in [7, 11) is 0. The van der Waals surface area contributed by atoms with E-state index in [9.17, 15) is 9.59 Å². The highest BCUT2D eigenvalue weighted by Crippen LogP contribution is 1.92. The third-order valence-corrected chi connectivity index (χ3v) is 0.805. The smallest absolute Gasteiger partial charge is 0.335 e. The number of carboxylic acids is 7. The van der Waals surface area contributed by atoms with Crippen molar-refractivity contribution in [1.29, 1.82) is 0 Å². The van der Waals surface area contributed by atoms with Crippen LogP contribution in [0.15, 0.2) is 0 Å². The molecule has 30 heavy (non-hydrogen) atoms. The fourth-order valence-electron chi connectivity index (χ4n) is 0.270. The molecule has 0 aliphatic carbocycles.